The molecule has 2 aromatic heterocycles. The average Bonchev–Trinajstić information content (AvgIpc) is 3.34. The molecule has 0 atom stereocenters. The zero-order chi connectivity index (χ0) is 24.2. The Morgan fingerprint density at radius 1 is 0.943 bits per heavy atom. The van der Waals surface area contributed by atoms with Gasteiger partial charge >= 0.3 is 0 Å². The third-order valence-corrected chi connectivity index (χ3v) is 7.02. The average molecular weight is 479 g/mol. The summed E-state index contributed by atoms with van der Waals surface area (Å²) in [6.07, 6.45) is 5.61. The van der Waals surface area contributed by atoms with Gasteiger partial charge in [-0.15, -0.1) is 0 Å². The molecule has 174 valence electrons. The number of pyridine rings is 1. The van der Waals surface area contributed by atoms with E-state index in [2.05, 4.69) is 41.6 Å². The summed E-state index contributed by atoms with van der Waals surface area (Å²) in [6.45, 7) is 5.17. The van der Waals surface area contributed by atoms with E-state index in [1.807, 2.05) is 72.9 Å². The number of aryl methyl sites for hydroxylation is 1. The van der Waals surface area contributed by atoms with Crippen LogP contribution >= 0.6 is 11.8 Å². The maximum atomic E-state index is 13.5. The molecule has 4 aromatic rings. The second-order valence-electron chi connectivity index (χ2n) is 8.45. The third-order valence-electron chi connectivity index (χ3n) is 5.97. The number of amides is 1. The number of carbonyl (C=O) groups is 1. The van der Waals surface area contributed by atoms with Gasteiger partial charge in [-0.3, -0.25) is 19.7 Å². The van der Waals surface area contributed by atoms with Gasteiger partial charge in [-0.05, 0) is 66.6 Å². The quantitative estimate of drug-likeness (QED) is 0.312. The Kier molecular flexibility index (Phi) is 6.64. The van der Waals surface area contributed by atoms with Gasteiger partial charge in [-0.2, -0.15) is 0 Å². The smallest absolute Gasteiger partial charge is 0.267 e. The maximum Gasteiger partial charge on any atom is 0.267 e. The number of amidine groups is 1. The largest absolute Gasteiger partial charge is 0.316 e. The number of thioether (sulfide) groups is 1. The summed E-state index contributed by atoms with van der Waals surface area (Å²) in [5.41, 5.74) is 6.38. The van der Waals surface area contributed by atoms with Gasteiger partial charge in [0, 0.05) is 17.6 Å². The molecular weight excluding hydrogens is 452 g/mol. The highest BCUT2D eigenvalue weighted by Crippen LogP contribution is 2.35. The van der Waals surface area contributed by atoms with E-state index in [4.69, 9.17) is 4.99 Å². The fourth-order valence-corrected chi connectivity index (χ4v) is 5.20. The van der Waals surface area contributed by atoms with Gasteiger partial charge in [-0.1, -0.05) is 60.7 Å². The van der Waals surface area contributed by atoms with Crippen LogP contribution in [0.5, 0.6) is 0 Å². The number of aromatic nitrogens is 2. The van der Waals surface area contributed by atoms with Gasteiger partial charge in [0.15, 0.2) is 5.17 Å². The minimum atomic E-state index is -0.0168. The molecule has 5 rings (SSSR count). The summed E-state index contributed by atoms with van der Waals surface area (Å²) in [6, 6.07) is 26.2. The lowest BCUT2D eigenvalue weighted by molar-refractivity contribution is -0.122. The molecule has 1 saturated heterocycles. The number of nitrogens with zero attached hydrogens (tertiary/aromatic N) is 4. The Labute approximate surface area is 209 Å². The maximum absolute atomic E-state index is 13.5. The first kappa shape index (κ1) is 22.9. The first-order valence-corrected chi connectivity index (χ1v) is 12.3. The standard InChI is InChI=1S/C29H26N4OS/c1-21-16-25(22(2)33(21)26-14-9-15-30-19-26)17-27-28(34)32(20-24-12-7-4-8-13-24)29(35-27)31-18-23-10-5-3-6-11-23/h3-17,19H,18,20H2,1-2H3/b27-17-,31-29?. The van der Waals surface area contributed by atoms with Crippen LogP contribution in [-0.4, -0.2) is 25.5 Å². The predicted molar refractivity (Wildman–Crippen MR) is 143 cm³/mol. The first-order valence-electron chi connectivity index (χ1n) is 11.5. The van der Waals surface area contributed by atoms with Crippen LogP contribution in [0.2, 0.25) is 0 Å². The van der Waals surface area contributed by atoms with E-state index in [0.717, 1.165) is 38.9 Å². The first-order chi connectivity index (χ1) is 17.1. The second-order valence-corrected chi connectivity index (χ2v) is 9.45. The number of rotatable bonds is 6. The van der Waals surface area contributed by atoms with Crippen LogP contribution in [0.15, 0.2) is 101 Å². The van der Waals surface area contributed by atoms with Crippen molar-refractivity contribution < 1.29 is 4.79 Å². The minimum absolute atomic E-state index is 0.0168. The van der Waals surface area contributed by atoms with Crippen molar-refractivity contribution in [3.63, 3.8) is 0 Å². The SMILES string of the molecule is Cc1cc(/C=C2\SC(=NCc3ccccc3)N(Cc3ccccc3)C2=O)c(C)n1-c1cccnc1. The Morgan fingerprint density at radius 2 is 1.66 bits per heavy atom. The van der Waals surface area contributed by atoms with Crippen LogP contribution in [-0.2, 0) is 17.9 Å². The van der Waals surface area contributed by atoms with Crippen molar-refractivity contribution in [1.82, 2.24) is 14.5 Å². The van der Waals surface area contributed by atoms with E-state index in [0.29, 0.717) is 18.0 Å². The molecule has 5 nitrogen and oxygen atoms in total. The van der Waals surface area contributed by atoms with Gasteiger partial charge in [0.2, 0.25) is 0 Å². The van der Waals surface area contributed by atoms with Crippen molar-refractivity contribution in [2.24, 2.45) is 4.99 Å². The summed E-state index contributed by atoms with van der Waals surface area (Å²) in [4.78, 5) is 25.1. The molecule has 0 unspecified atom stereocenters. The summed E-state index contributed by atoms with van der Waals surface area (Å²) in [5.74, 6) is -0.0168. The van der Waals surface area contributed by atoms with Crippen LogP contribution in [0, 0.1) is 13.8 Å². The summed E-state index contributed by atoms with van der Waals surface area (Å²) >= 11 is 1.45. The Balaban J connectivity index is 1.48. The fraction of sp³-hybridized carbons (Fsp3) is 0.138. The molecule has 0 N–H and O–H groups in total. The van der Waals surface area contributed by atoms with Crippen molar-refractivity contribution in [2.75, 3.05) is 0 Å². The van der Waals surface area contributed by atoms with Gasteiger partial charge in [0.25, 0.3) is 5.91 Å². The lowest BCUT2D eigenvalue weighted by atomic mass is 10.2. The van der Waals surface area contributed by atoms with Gasteiger partial charge < -0.3 is 4.57 Å². The third kappa shape index (κ3) is 4.98. The van der Waals surface area contributed by atoms with Gasteiger partial charge in [-0.25, -0.2) is 0 Å². The molecule has 1 amide bonds. The summed E-state index contributed by atoms with van der Waals surface area (Å²) in [5, 5.41) is 0.732. The van der Waals surface area contributed by atoms with Crippen molar-refractivity contribution in [3.05, 3.63) is 124 Å². The molecule has 0 radical (unpaired) electrons. The van der Waals surface area contributed by atoms with Gasteiger partial charge in [0.1, 0.15) is 0 Å². The van der Waals surface area contributed by atoms with Crippen LogP contribution in [0.4, 0.5) is 0 Å². The van der Waals surface area contributed by atoms with Crippen LogP contribution in [0.25, 0.3) is 11.8 Å². The molecule has 35 heavy (non-hydrogen) atoms. The topological polar surface area (TPSA) is 50.5 Å². The van der Waals surface area contributed by atoms with E-state index in [1.54, 1.807) is 11.1 Å². The highest BCUT2D eigenvalue weighted by Gasteiger charge is 2.33. The van der Waals surface area contributed by atoms with Crippen LogP contribution in [0.1, 0.15) is 28.1 Å². The second kappa shape index (κ2) is 10.2. The van der Waals surface area contributed by atoms with Crippen molar-refractivity contribution in [2.45, 2.75) is 26.9 Å². The predicted octanol–water partition coefficient (Wildman–Crippen LogP) is 6.16. The van der Waals surface area contributed by atoms with Crippen molar-refractivity contribution in [1.29, 1.82) is 0 Å². The summed E-state index contributed by atoms with van der Waals surface area (Å²) < 4.78 is 2.16. The molecule has 0 bridgehead atoms. The van der Waals surface area contributed by atoms with E-state index in [-0.39, 0.29) is 5.91 Å². The number of hydrogen-bond acceptors (Lipinski definition) is 4. The fourth-order valence-electron chi connectivity index (χ4n) is 4.23. The molecule has 0 spiro atoms. The van der Waals surface area contributed by atoms with Crippen molar-refractivity contribution in [3.8, 4) is 5.69 Å². The Hall–Kier alpha value is -3.90. The monoisotopic (exact) mass is 478 g/mol. The Bertz CT molecular complexity index is 1390. The molecule has 3 heterocycles. The zero-order valence-corrected chi connectivity index (χ0v) is 20.6. The molecule has 2 aromatic carbocycles. The van der Waals surface area contributed by atoms with E-state index >= 15 is 0 Å². The molecule has 1 aliphatic heterocycles. The van der Waals surface area contributed by atoms with Crippen molar-refractivity contribution >= 4 is 28.9 Å². The van der Waals surface area contributed by atoms with E-state index in [9.17, 15) is 4.79 Å². The summed E-state index contributed by atoms with van der Waals surface area (Å²) in [7, 11) is 0. The molecule has 0 aliphatic carbocycles. The number of aliphatic imine (C=N–C) groups is 1. The Morgan fingerprint density at radius 3 is 2.34 bits per heavy atom. The number of benzene rings is 2. The number of hydrogen-bond donors (Lipinski definition) is 0. The lowest BCUT2D eigenvalue weighted by Gasteiger charge is -2.15. The normalized spacial score (nSPS) is 15.9. The lowest BCUT2D eigenvalue weighted by Crippen LogP contribution is -2.28. The molecule has 0 saturated carbocycles. The molecular formula is C29H26N4OS. The molecule has 6 heteroatoms. The van der Waals surface area contributed by atoms with Gasteiger partial charge in [0.05, 0.1) is 29.9 Å². The molecule has 1 aliphatic rings. The van der Waals surface area contributed by atoms with Crippen LogP contribution < -0.4 is 0 Å². The van der Waals surface area contributed by atoms with E-state index < -0.39 is 0 Å². The molecule has 1 fully saturated rings. The number of carbonyl (C=O) groups excluding carboxylic acids is 1. The van der Waals surface area contributed by atoms with Crippen LogP contribution in [0.3, 0.4) is 0 Å². The highest BCUT2D eigenvalue weighted by molar-refractivity contribution is 8.18. The zero-order valence-electron chi connectivity index (χ0n) is 19.8. The highest BCUT2D eigenvalue weighted by atomic mass is 32.2. The minimum Gasteiger partial charge on any atom is -0.316 e. The van der Waals surface area contributed by atoms with E-state index in [1.165, 1.54) is 11.8 Å².